The molecule has 0 radical (unpaired) electrons. The summed E-state index contributed by atoms with van der Waals surface area (Å²) in [7, 11) is 4.00. The summed E-state index contributed by atoms with van der Waals surface area (Å²) in [5, 5.41) is 10.2. The van der Waals surface area contributed by atoms with Crippen LogP contribution >= 0.6 is 0 Å². The van der Waals surface area contributed by atoms with E-state index in [-0.39, 0.29) is 17.0 Å². The van der Waals surface area contributed by atoms with Crippen LogP contribution in [-0.4, -0.2) is 39.2 Å². The van der Waals surface area contributed by atoms with Crippen LogP contribution in [0.3, 0.4) is 0 Å². The number of H-pyrrole nitrogens is 1. The zero-order valence-corrected chi connectivity index (χ0v) is 12.4. The maximum Gasteiger partial charge on any atom is 0.331 e. The van der Waals surface area contributed by atoms with Gasteiger partial charge in [0, 0.05) is 12.1 Å². The molecular formula is C14H23N3O3. The number of aromatic hydroxyl groups is 1. The van der Waals surface area contributed by atoms with Gasteiger partial charge in [0.25, 0.3) is 5.56 Å². The number of nitrogens with one attached hydrogen (secondary N) is 1. The molecule has 0 spiro atoms. The van der Waals surface area contributed by atoms with Crippen molar-refractivity contribution in [2.45, 2.75) is 51.1 Å². The molecular weight excluding hydrogens is 258 g/mol. The Morgan fingerprint density at radius 1 is 1.30 bits per heavy atom. The zero-order valence-electron chi connectivity index (χ0n) is 12.4. The first-order valence-corrected chi connectivity index (χ1v) is 7.13. The van der Waals surface area contributed by atoms with Crippen molar-refractivity contribution in [1.29, 1.82) is 0 Å². The molecule has 0 aliphatic heterocycles. The van der Waals surface area contributed by atoms with Crippen LogP contribution in [0, 0.1) is 0 Å². The summed E-state index contributed by atoms with van der Waals surface area (Å²) in [6.07, 6.45) is 4.63. The predicted molar refractivity (Wildman–Crippen MR) is 77.3 cm³/mol. The van der Waals surface area contributed by atoms with Crippen LogP contribution in [0.4, 0.5) is 0 Å². The average molecular weight is 281 g/mol. The second-order valence-electron chi connectivity index (χ2n) is 5.83. The third kappa shape index (κ3) is 2.40. The van der Waals surface area contributed by atoms with Crippen LogP contribution in [-0.2, 0) is 13.0 Å². The molecule has 1 aromatic rings. The topological polar surface area (TPSA) is 78.3 Å². The van der Waals surface area contributed by atoms with Gasteiger partial charge in [-0.2, -0.15) is 0 Å². The summed E-state index contributed by atoms with van der Waals surface area (Å²) in [6.45, 7) is 2.20. The fourth-order valence-corrected chi connectivity index (χ4v) is 3.14. The Kier molecular flexibility index (Phi) is 4.04. The summed E-state index contributed by atoms with van der Waals surface area (Å²) in [6, 6.07) is 0. The second-order valence-corrected chi connectivity index (χ2v) is 5.83. The van der Waals surface area contributed by atoms with E-state index in [9.17, 15) is 14.7 Å². The van der Waals surface area contributed by atoms with E-state index in [0.29, 0.717) is 13.0 Å². The van der Waals surface area contributed by atoms with Crippen LogP contribution in [0.25, 0.3) is 0 Å². The van der Waals surface area contributed by atoms with Crippen molar-refractivity contribution in [3.63, 3.8) is 0 Å². The first-order valence-electron chi connectivity index (χ1n) is 7.13. The fraction of sp³-hybridized carbons (Fsp3) is 0.714. The van der Waals surface area contributed by atoms with E-state index in [0.717, 1.165) is 25.7 Å². The van der Waals surface area contributed by atoms with Crippen LogP contribution in [0.2, 0.25) is 0 Å². The Morgan fingerprint density at radius 3 is 2.40 bits per heavy atom. The monoisotopic (exact) mass is 281 g/mol. The molecule has 1 aliphatic carbocycles. The van der Waals surface area contributed by atoms with Gasteiger partial charge in [0.15, 0.2) is 0 Å². The maximum absolute atomic E-state index is 12.0. The van der Waals surface area contributed by atoms with Gasteiger partial charge in [0.1, 0.15) is 0 Å². The number of nitrogens with zero attached hydrogens (tertiary/aromatic N) is 2. The highest BCUT2D eigenvalue weighted by Gasteiger charge is 2.37. The minimum Gasteiger partial charge on any atom is -0.494 e. The van der Waals surface area contributed by atoms with Crippen molar-refractivity contribution < 1.29 is 5.11 Å². The Hall–Kier alpha value is -1.56. The van der Waals surface area contributed by atoms with E-state index in [1.807, 2.05) is 14.1 Å². The van der Waals surface area contributed by atoms with Crippen molar-refractivity contribution in [1.82, 2.24) is 14.5 Å². The molecule has 0 atom stereocenters. The van der Waals surface area contributed by atoms with Gasteiger partial charge in [0.05, 0.1) is 5.56 Å². The normalized spacial score (nSPS) is 17.8. The molecule has 0 saturated heterocycles. The van der Waals surface area contributed by atoms with E-state index in [4.69, 9.17) is 0 Å². The third-order valence-corrected chi connectivity index (χ3v) is 4.55. The largest absolute Gasteiger partial charge is 0.494 e. The average Bonchev–Trinajstić information content (AvgIpc) is 2.85. The molecule has 1 aliphatic rings. The van der Waals surface area contributed by atoms with Crippen LogP contribution < -0.4 is 11.2 Å². The van der Waals surface area contributed by atoms with Crippen molar-refractivity contribution in [3.8, 4) is 5.88 Å². The quantitative estimate of drug-likeness (QED) is 0.850. The molecule has 0 bridgehead atoms. The number of aromatic amines is 1. The molecule has 1 fully saturated rings. The summed E-state index contributed by atoms with van der Waals surface area (Å²) < 4.78 is 1.31. The van der Waals surface area contributed by atoms with Crippen molar-refractivity contribution in [2.75, 3.05) is 14.1 Å². The minimum absolute atomic E-state index is 0.120. The molecule has 0 aromatic carbocycles. The Bertz CT molecular complexity index is 595. The van der Waals surface area contributed by atoms with Gasteiger partial charge < -0.3 is 10.0 Å². The Labute approximate surface area is 118 Å². The van der Waals surface area contributed by atoms with E-state index < -0.39 is 11.2 Å². The summed E-state index contributed by atoms with van der Waals surface area (Å²) >= 11 is 0. The second kappa shape index (κ2) is 5.44. The maximum atomic E-state index is 12.0. The Morgan fingerprint density at radius 2 is 1.90 bits per heavy atom. The smallest absolute Gasteiger partial charge is 0.331 e. The molecule has 20 heavy (non-hydrogen) atoms. The summed E-state index contributed by atoms with van der Waals surface area (Å²) in [5.74, 6) is -0.186. The predicted octanol–water partition coefficient (Wildman–Crippen LogP) is 0.679. The van der Waals surface area contributed by atoms with E-state index in [1.165, 1.54) is 4.57 Å². The van der Waals surface area contributed by atoms with Crippen LogP contribution in [0.15, 0.2) is 9.59 Å². The zero-order chi connectivity index (χ0) is 14.9. The number of rotatable bonds is 4. The van der Waals surface area contributed by atoms with Gasteiger partial charge in [-0.3, -0.25) is 14.3 Å². The molecule has 112 valence electrons. The third-order valence-electron chi connectivity index (χ3n) is 4.55. The van der Waals surface area contributed by atoms with E-state index in [1.54, 1.807) is 6.92 Å². The molecule has 2 N–H and O–H groups in total. The highest BCUT2D eigenvalue weighted by atomic mass is 16.3. The van der Waals surface area contributed by atoms with Gasteiger partial charge in [-0.15, -0.1) is 0 Å². The highest BCUT2D eigenvalue weighted by molar-refractivity contribution is 5.22. The van der Waals surface area contributed by atoms with E-state index in [2.05, 4.69) is 9.88 Å². The van der Waals surface area contributed by atoms with Gasteiger partial charge >= 0.3 is 5.69 Å². The first kappa shape index (κ1) is 14.8. The van der Waals surface area contributed by atoms with Crippen LogP contribution in [0.1, 0.15) is 38.2 Å². The van der Waals surface area contributed by atoms with Gasteiger partial charge in [-0.1, -0.05) is 19.8 Å². The van der Waals surface area contributed by atoms with E-state index >= 15 is 0 Å². The van der Waals surface area contributed by atoms with Gasteiger partial charge in [-0.05, 0) is 33.4 Å². The lowest BCUT2D eigenvalue weighted by Crippen LogP contribution is -2.48. The molecule has 6 heteroatoms. The summed E-state index contributed by atoms with van der Waals surface area (Å²) in [4.78, 5) is 28.1. The van der Waals surface area contributed by atoms with Crippen molar-refractivity contribution in [2.24, 2.45) is 0 Å². The molecule has 0 unspecified atom stereocenters. The number of hydrogen-bond donors (Lipinski definition) is 2. The molecule has 6 nitrogen and oxygen atoms in total. The molecule has 1 saturated carbocycles. The van der Waals surface area contributed by atoms with Gasteiger partial charge in [0.2, 0.25) is 5.88 Å². The molecule has 2 rings (SSSR count). The van der Waals surface area contributed by atoms with Gasteiger partial charge in [-0.25, -0.2) is 4.79 Å². The van der Waals surface area contributed by atoms with Crippen LogP contribution in [0.5, 0.6) is 5.88 Å². The lowest BCUT2D eigenvalue weighted by atomic mass is 9.96. The van der Waals surface area contributed by atoms with Crippen molar-refractivity contribution in [3.05, 3.63) is 26.4 Å². The first-order chi connectivity index (χ1) is 9.41. The Balaban J connectivity index is 2.48. The number of likely N-dealkylation sites (N-methyl/N-ethyl adjacent to an activating group) is 1. The van der Waals surface area contributed by atoms with Crippen molar-refractivity contribution >= 4 is 0 Å². The lowest BCUT2D eigenvalue weighted by molar-refractivity contribution is 0.127. The number of hydrogen-bond acceptors (Lipinski definition) is 4. The highest BCUT2D eigenvalue weighted by Crippen LogP contribution is 2.35. The lowest BCUT2D eigenvalue weighted by Gasteiger charge is -2.37. The molecule has 0 amide bonds. The number of aromatic nitrogens is 2. The standard InChI is InChI=1S/C14H23N3O3/c1-4-10-11(18)15-13(20)17(12(10)19)9-14(16(2)3)7-5-6-8-14/h19H,4-9H2,1-3H3,(H,15,18,20). The molecule has 1 aromatic heterocycles. The minimum atomic E-state index is -0.530. The SMILES string of the molecule is CCc1c(O)n(CC2(N(C)C)CCCC2)c(=O)[nH]c1=O. The fourth-order valence-electron chi connectivity index (χ4n) is 3.14. The summed E-state index contributed by atoms with van der Waals surface area (Å²) in [5.41, 5.74) is -0.865. The molecule has 1 heterocycles.